The molecule has 0 saturated carbocycles. The van der Waals surface area contributed by atoms with E-state index in [2.05, 4.69) is 20.3 Å². The lowest BCUT2D eigenvalue weighted by atomic mass is 10.2. The maximum atomic E-state index is 12.1. The lowest BCUT2D eigenvalue weighted by Gasteiger charge is -2.14. The number of amides is 1. The summed E-state index contributed by atoms with van der Waals surface area (Å²) in [6.45, 7) is 0. The van der Waals surface area contributed by atoms with Gasteiger partial charge in [0.15, 0.2) is 17.0 Å². The highest BCUT2D eigenvalue weighted by Gasteiger charge is 2.28. The first kappa shape index (κ1) is 18.6. The van der Waals surface area contributed by atoms with Gasteiger partial charge in [-0.25, -0.2) is 15.0 Å². The molecule has 2 atom stereocenters. The minimum atomic E-state index is -4.56. The van der Waals surface area contributed by atoms with Gasteiger partial charge in [0.25, 0.3) is 0 Å². The van der Waals surface area contributed by atoms with Gasteiger partial charge in [-0.1, -0.05) is 0 Å². The third-order valence-electron chi connectivity index (χ3n) is 3.77. The van der Waals surface area contributed by atoms with Crippen LogP contribution in [0, 0.1) is 0 Å². The molecular formula is C15H16F3N5O2S. The summed E-state index contributed by atoms with van der Waals surface area (Å²) < 4.78 is 44.2. The normalized spacial score (nSPS) is 20.9. The van der Waals surface area contributed by atoms with Crippen molar-refractivity contribution in [1.29, 1.82) is 0 Å². The highest BCUT2D eigenvalue weighted by molar-refractivity contribution is 7.98. The fourth-order valence-corrected chi connectivity index (χ4v) is 3.30. The Morgan fingerprint density at radius 1 is 1.42 bits per heavy atom. The number of carbonyl (C=O) groups excluding carboxylic acids is 1. The fraction of sp³-hybridized carbons (Fsp3) is 0.467. The molecule has 3 heterocycles. The lowest BCUT2D eigenvalue weighted by Crippen LogP contribution is -2.14. The topological polar surface area (TPSA) is 81.9 Å². The maximum absolute atomic E-state index is 12.1. The molecule has 1 N–H and O–H groups in total. The molecule has 0 bridgehead atoms. The van der Waals surface area contributed by atoms with Crippen molar-refractivity contribution in [2.75, 3.05) is 17.3 Å². The van der Waals surface area contributed by atoms with E-state index in [-0.39, 0.29) is 29.7 Å². The Morgan fingerprint density at radius 3 is 2.96 bits per heavy atom. The summed E-state index contributed by atoms with van der Waals surface area (Å²) in [6, 6.07) is 0. The van der Waals surface area contributed by atoms with Gasteiger partial charge in [0.2, 0.25) is 5.91 Å². The molecule has 0 aliphatic carbocycles. The molecule has 140 valence electrons. The number of thioether (sulfide) groups is 1. The minimum absolute atomic E-state index is 0.0456. The highest BCUT2D eigenvalue weighted by atomic mass is 32.2. The molecule has 1 amide bonds. The van der Waals surface area contributed by atoms with Gasteiger partial charge < -0.3 is 10.1 Å². The Balaban J connectivity index is 1.79. The molecule has 0 spiro atoms. The molecular weight excluding hydrogens is 371 g/mol. The number of anilines is 1. The molecule has 1 aliphatic heterocycles. The molecule has 2 aromatic rings. The zero-order valence-electron chi connectivity index (χ0n) is 13.7. The maximum Gasteiger partial charge on any atom is 0.409 e. The van der Waals surface area contributed by atoms with E-state index in [4.69, 9.17) is 4.74 Å². The van der Waals surface area contributed by atoms with E-state index >= 15 is 0 Å². The Hall–Kier alpha value is -2.14. The third-order valence-corrected chi connectivity index (χ3v) is 4.48. The zero-order chi connectivity index (χ0) is 18.7. The van der Waals surface area contributed by atoms with Crippen LogP contribution in [0.25, 0.3) is 11.2 Å². The van der Waals surface area contributed by atoms with Crippen LogP contribution in [0.2, 0.25) is 0 Å². The number of aromatic nitrogens is 4. The Kier molecular flexibility index (Phi) is 5.47. The quantitative estimate of drug-likeness (QED) is 0.795. The summed E-state index contributed by atoms with van der Waals surface area (Å²) in [5.74, 6) is -0.0106. The van der Waals surface area contributed by atoms with Gasteiger partial charge in [-0.3, -0.25) is 9.36 Å². The van der Waals surface area contributed by atoms with E-state index in [1.165, 1.54) is 12.7 Å². The van der Waals surface area contributed by atoms with Crippen molar-refractivity contribution in [3.63, 3.8) is 0 Å². The third kappa shape index (κ3) is 4.33. The average Bonchev–Trinajstić information content (AvgIpc) is 3.20. The number of halogens is 3. The van der Waals surface area contributed by atoms with E-state index in [9.17, 15) is 18.0 Å². The first-order valence-electron chi connectivity index (χ1n) is 7.76. The van der Waals surface area contributed by atoms with Gasteiger partial charge in [0.1, 0.15) is 12.6 Å². The van der Waals surface area contributed by atoms with Gasteiger partial charge in [-0.15, -0.1) is 0 Å². The number of nitrogens with zero attached hydrogens (tertiary/aromatic N) is 4. The van der Waals surface area contributed by atoms with Crippen LogP contribution in [0.15, 0.2) is 24.8 Å². The number of hydrogen-bond acceptors (Lipinski definition) is 6. The number of rotatable bonds is 5. The summed E-state index contributed by atoms with van der Waals surface area (Å²) >= 11 is 1.71. The van der Waals surface area contributed by atoms with E-state index < -0.39 is 12.1 Å². The summed E-state index contributed by atoms with van der Waals surface area (Å²) in [5, 5.41) is 2.29. The average molecular weight is 387 g/mol. The van der Waals surface area contributed by atoms with Gasteiger partial charge in [-0.2, -0.15) is 24.9 Å². The van der Waals surface area contributed by atoms with Crippen LogP contribution in [0.4, 0.5) is 19.0 Å². The molecule has 26 heavy (non-hydrogen) atoms. The van der Waals surface area contributed by atoms with Gasteiger partial charge >= 0.3 is 6.18 Å². The number of allylic oxidation sites excluding steroid dienone is 1. The predicted octanol–water partition coefficient (Wildman–Crippen LogP) is 2.92. The molecule has 1 fully saturated rings. The van der Waals surface area contributed by atoms with Crippen LogP contribution >= 0.6 is 11.8 Å². The second-order valence-electron chi connectivity index (χ2n) is 5.66. The molecule has 0 radical (unpaired) electrons. The number of fused-ring (bicyclic) bond motifs is 1. The number of alkyl halides is 3. The Morgan fingerprint density at radius 2 is 2.23 bits per heavy atom. The molecule has 7 nitrogen and oxygen atoms in total. The van der Waals surface area contributed by atoms with Gasteiger partial charge in [0.05, 0.1) is 12.4 Å². The van der Waals surface area contributed by atoms with Crippen LogP contribution in [0.5, 0.6) is 0 Å². The first-order chi connectivity index (χ1) is 12.4. The smallest absolute Gasteiger partial charge is 0.354 e. The molecule has 1 saturated heterocycles. The SMILES string of the molecule is CSCC1CCC(n2cnc3c(NC(=O)/C=C/C(F)(F)F)ncnc32)O1. The predicted molar refractivity (Wildman–Crippen MR) is 90.7 cm³/mol. The summed E-state index contributed by atoms with van der Waals surface area (Å²) in [5.41, 5.74) is 0.739. The number of nitrogens with one attached hydrogen (secondary N) is 1. The van der Waals surface area contributed by atoms with Crippen molar-refractivity contribution < 1.29 is 22.7 Å². The van der Waals surface area contributed by atoms with Crippen molar-refractivity contribution in [2.45, 2.75) is 31.3 Å². The van der Waals surface area contributed by atoms with Crippen molar-refractivity contribution in [3.05, 3.63) is 24.8 Å². The monoisotopic (exact) mass is 387 g/mol. The van der Waals surface area contributed by atoms with Gasteiger partial charge in [-0.05, 0) is 19.1 Å². The molecule has 1 aliphatic rings. The number of carbonyl (C=O) groups is 1. The van der Waals surface area contributed by atoms with Crippen LogP contribution in [-0.2, 0) is 9.53 Å². The van der Waals surface area contributed by atoms with E-state index in [0.29, 0.717) is 11.7 Å². The van der Waals surface area contributed by atoms with E-state index in [0.717, 1.165) is 18.6 Å². The van der Waals surface area contributed by atoms with Crippen LogP contribution in [0.3, 0.4) is 0 Å². The van der Waals surface area contributed by atoms with E-state index in [1.807, 2.05) is 6.26 Å². The fourth-order valence-electron chi connectivity index (χ4n) is 2.68. The summed E-state index contributed by atoms with van der Waals surface area (Å²) in [7, 11) is 0. The Labute approximate surface area is 151 Å². The molecule has 11 heteroatoms. The van der Waals surface area contributed by atoms with Crippen molar-refractivity contribution in [3.8, 4) is 0 Å². The number of hydrogen-bond donors (Lipinski definition) is 1. The second kappa shape index (κ2) is 7.62. The highest BCUT2D eigenvalue weighted by Crippen LogP contribution is 2.32. The van der Waals surface area contributed by atoms with Crippen LogP contribution < -0.4 is 5.32 Å². The number of imidazole rings is 1. The summed E-state index contributed by atoms with van der Waals surface area (Å²) in [4.78, 5) is 23.9. The van der Waals surface area contributed by atoms with Gasteiger partial charge in [0, 0.05) is 17.9 Å². The first-order valence-corrected chi connectivity index (χ1v) is 9.15. The molecule has 2 unspecified atom stereocenters. The lowest BCUT2D eigenvalue weighted by molar-refractivity contribution is -0.112. The Bertz CT molecular complexity index is 823. The van der Waals surface area contributed by atoms with Crippen LogP contribution in [0.1, 0.15) is 19.1 Å². The number of ether oxygens (including phenoxy) is 1. The summed E-state index contributed by atoms with van der Waals surface area (Å²) in [6.07, 6.45) is 2.12. The molecule has 3 rings (SSSR count). The van der Waals surface area contributed by atoms with Crippen molar-refractivity contribution in [2.24, 2.45) is 0 Å². The van der Waals surface area contributed by atoms with Crippen LogP contribution in [-0.4, -0.2) is 49.7 Å². The minimum Gasteiger partial charge on any atom is -0.354 e. The zero-order valence-corrected chi connectivity index (χ0v) is 14.5. The molecule has 2 aromatic heterocycles. The van der Waals surface area contributed by atoms with Crippen molar-refractivity contribution >= 4 is 34.7 Å². The standard InChI is InChI=1S/C15H16F3N5O2S/c1-26-6-9-2-3-11(25-9)23-8-21-12-13(19-7-20-14(12)23)22-10(24)4-5-15(16,17)18/h4-5,7-9,11H,2-3,6H2,1H3,(H,19,20,22,24)/b5-4+. The second-order valence-corrected chi connectivity index (χ2v) is 6.57. The molecule has 0 aromatic carbocycles. The van der Waals surface area contributed by atoms with E-state index in [1.54, 1.807) is 16.3 Å². The van der Waals surface area contributed by atoms with Crippen molar-refractivity contribution in [1.82, 2.24) is 19.5 Å². The largest absolute Gasteiger partial charge is 0.409 e.